The summed E-state index contributed by atoms with van der Waals surface area (Å²) < 4.78 is 1.96. The fourth-order valence-corrected chi connectivity index (χ4v) is 2.96. The first-order valence-electron chi connectivity index (χ1n) is 7.70. The Bertz CT molecular complexity index is 762. The number of aliphatic imine (C=N–C) groups is 1. The Labute approximate surface area is 139 Å². The molecule has 2 N–H and O–H groups in total. The van der Waals surface area contributed by atoms with Crippen LogP contribution in [0, 0.1) is 0 Å². The number of guanidine groups is 1. The van der Waals surface area contributed by atoms with Crippen molar-refractivity contribution in [2.45, 2.75) is 19.9 Å². The fraction of sp³-hybridized carbons (Fsp3) is 0.312. The van der Waals surface area contributed by atoms with Gasteiger partial charge in [0.1, 0.15) is 6.54 Å². The standard InChI is InChI=1S/C16H20N6S/c1-2-17-16(18-9-8-13-6-5-11-23-13)19-12-15-21-20-14-7-3-4-10-22(14)15/h3-7,10-11H,2,8-9,12H2,1H3,(H2,17,18,19). The number of hydrogen-bond donors (Lipinski definition) is 2. The molecule has 3 aromatic rings. The number of nitrogens with one attached hydrogen (secondary N) is 2. The summed E-state index contributed by atoms with van der Waals surface area (Å²) in [6.45, 7) is 4.22. The molecule has 3 aromatic heterocycles. The quantitative estimate of drug-likeness (QED) is 0.537. The van der Waals surface area contributed by atoms with E-state index >= 15 is 0 Å². The minimum absolute atomic E-state index is 0.486. The lowest BCUT2D eigenvalue weighted by atomic mass is 10.3. The van der Waals surface area contributed by atoms with E-state index in [1.54, 1.807) is 11.3 Å². The highest BCUT2D eigenvalue weighted by atomic mass is 32.1. The second kappa shape index (κ2) is 7.73. The van der Waals surface area contributed by atoms with Crippen LogP contribution >= 0.6 is 11.3 Å². The predicted octanol–water partition coefficient (Wildman–Crippen LogP) is 2.09. The van der Waals surface area contributed by atoms with Gasteiger partial charge < -0.3 is 10.6 Å². The van der Waals surface area contributed by atoms with Crippen LogP contribution in [0.4, 0.5) is 0 Å². The number of thiophene rings is 1. The summed E-state index contributed by atoms with van der Waals surface area (Å²) in [7, 11) is 0. The minimum Gasteiger partial charge on any atom is -0.357 e. The van der Waals surface area contributed by atoms with Crippen LogP contribution in [-0.4, -0.2) is 33.6 Å². The molecule has 0 fully saturated rings. The monoisotopic (exact) mass is 328 g/mol. The molecule has 120 valence electrons. The van der Waals surface area contributed by atoms with E-state index in [2.05, 4.69) is 50.3 Å². The maximum Gasteiger partial charge on any atom is 0.191 e. The first-order valence-corrected chi connectivity index (χ1v) is 8.58. The number of aromatic nitrogens is 3. The number of fused-ring (bicyclic) bond motifs is 1. The Balaban J connectivity index is 1.61. The molecule has 0 spiro atoms. The van der Waals surface area contributed by atoms with E-state index in [4.69, 9.17) is 0 Å². The van der Waals surface area contributed by atoms with Crippen molar-refractivity contribution in [3.8, 4) is 0 Å². The van der Waals surface area contributed by atoms with Crippen LogP contribution in [0.15, 0.2) is 46.9 Å². The van der Waals surface area contributed by atoms with E-state index in [0.717, 1.165) is 36.9 Å². The Morgan fingerprint density at radius 2 is 2.17 bits per heavy atom. The first kappa shape index (κ1) is 15.5. The van der Waals surface area contributed by atoms with Gasteiger partial charge in [-0.05, 0) is 36.9 Å². The number of hydrogen-bond acceptors (Lipinski definition) is 4. The molecule has 0 saturated heterocycles. The zero-order valence-corrected chi connectivity index (χ0v) is 13.9. The van der Waals surface area contributed by atoms with Crippen molar-refractivity contribution in [1.29, 1.82) is 0 Å². The molecule has 0 aliphatic heterocycles. The lowest BCUT2D eigenvalue weighted by Crippen LogP contribution is -2.38. The molecule has 6 nitrogen and oxygen atoms in total. The van der Waals surface area contributed by atoms with Crippen LogP contribution in [0.2, 0.25) is 0 Å². The highest BCUT2D eigenvalue weighted by molar-refractivity contribution is 7.09. The molecular weight excluding hydrogens is 308 g/mol. The molecule has 0 aliphatic carbocycles. The van der Waals surface area contributed by atoms with Gasteiger partial charge in [-0.2, -0.15) is 0 Å². The second-order valence-electron chi connectivity index (χ2n) is 5.00. The highest BCUT2D eigenvalue weighted by Gasteiger charge is 2.04. The topological polar surface area (TPSA) is 66.6 Å². The average Bonchev–Trinajstić information content (AvgIpc) is 3.22. The Kier molecular flexibility index (Phi) is 5.21. The molecule has 0 aliphatic rings. The van der Waals surface area contributed by atoms with Crippen molar-refractivity contribution in [2.75, 3.05) is 13.1 Å². The molecule has 3 rings (SSSR count). The van der Waals surface area contributed by atoms with E-state index in [1.807, 2.05) is 28.8 Å². The summed E-state index contributed by atoms with van der Waals surface area (Å²) in [6.07, 6.45) is 2.95. The maximum absolute atomic E-state index is 4.60. The first-order chi connectivity index (χ1) is 11.4. The summed E-state index contributed by atoms with van der Waals surface area (Å²) in [5, 5.41) is 17.1. The Morgan fingerprint density at radius 1 is 1.22 bits per heavy atom. The van der Waals surface area contributed by atoms with Crippen LogP contribution in [0.25, 0.3) is 5.65 Å². The molecule has 23 heavy (non-hydrogen) atoms. The van der Waals surface area contributed by atoms with Gasteiger partial charge in [-0.3, -0.25) is 4.40 Å². The third kappa shape index (κ3) is 4.07. The van der Waals surface area contributed by atoms with Crippen molar-refractivity contribution >= 4 is 22.9 Å². The lowest BCUT2D eigenvalue weighted by molar-refractivity contribution is 0.791. The van der Waals surface area contributed by atoms with Crippen LogP contribution in [0.3, 0.4) is 0 Å². The smallest absolute Gasteiger partial charge is 0.191 e. The largest absolute Gasteiger partial charge is 0.357 e. The summed E-state index contributed by atoms with van der Waals surface area (Å²) in [4.78, 5) is 5.97. The van der Waals surface area contributed by atoms with Gasteiger partial charge in [0.05, 0.1) is 0 Å². The molecule has 3 heterocycles. The van der Waals surface area contributed by atoms with Crippen LogP contribution in [-0.2, 0) is 13.0 Å². The van der Waals surface area contributed by atoms with Gasteiger partial charge in [0, 0.05) is 24.2 Å². The molecule has 7 heteroatoms. The van der Waals surface area contributed by atoms with Gasteiger partial charge in [-0.15, -0.1) is 21.5 Å². The van der Waals surface area contributed by atoms with E-state index in [0.29, 0.717) is 6.54 Å². The second-order valence-corrected chi connectivity index (χ2v) is 6.03. The molecule has 0 saturated carbocycles. The zero-order valence-electron chi connectivity index (χ0n) is 13.1. The number of rotatable bonds is 6. The summed E-state index contributed by atoms with van der Waals surface area (Å²) >= 11 is 1.78. The summed E-state index contributed by atoms with van der Waals surface area (Å²) in [5.41, 5.74) is 0.841. The van der Waals surface area contributed by atoms with Crippen molar-refractivity contribution in [3.05, 3.63) is 52.6 Å². The highest BCUT2D eigenvalue weighted by Crippen LogP contribution is 2.08. The predicted molar refractivity (Wildman–Crippen MR) is 93.8 cm³/mol. The van der Waals surface area contributed by atoms with Crippen molar-refractivity contribution in [2.24, 2.45) is 4.99 Å². The molecule has 0 unspecified atom stereocenters. The Morgan fingerprint density at radius 3 is 3.00 bits per heavy atom. The Hall–Kier alpha value is -2.41. The molecule has 0 atom stereocenters. The van der Waals surface area contributed by atoms with E-state index in [9.17, 15) is 0 Å². The normalized spacial score (nSPS) is 11.8. The van der Waals surface area contributed by atoms with Gasteiger partial charge in [0.2, 0.25) is 0 Å². The maximum atomic E-state index is 4.60. The summed E-state index contributed by atoms with van der Waals surface area (Å²) in [6, 6.07) is 10.1. The van der Waals surface area contributed by atoms with Crippen molar-refractivity contribution in [1.82, 2.24) is 25.2 Å². The van der Waals surface area contributed by atoms with E-state index < -0.39 is 0 Å². The molecular formula is C16H20N6S. The number of pyridine rings is 1. The fourth-order valence-electron chi connectivity index (χ4n) is 2.25. The van der Waals surface area contributed by atoms with Crippen LogP contribution < -0.4 is 10.6 Å². The van der Waals surface area contributed by atoms with Crippen LogP contribution in [0.1, 0.15) is 17.6 Å². The van der Waals surface area contributed by atoms with Gasteiger partial charge in [0.25, 0.3) is 0 Å². The van der Waals surface area contributed by atoms with Gasteiger partial charge in [-0.1, -0.05) is 12.1 Å². The third-order valence-corrected chi connectivity index (χ3v) is 4.29. The van der Waals surface area contributed by atoms with Gasteiger partial charge in [0.15, 0.2) is 17.4 Å². The van der Waals surface area contributed by atoms with E-state index in [1.165, 1.54) is 4.88 Å². The molecule has 0 aromatic carbocycles. The van der Waals surface area contributed by atoms with Gasteiger partial charge in [-0.25, -0.2) is 4.99 Å². The summed E-state index contributed by atoms with van der Waals surface area (Å²) in [5.74, 6) is 1.63. The van der Waals surface area contributed by atoms with Crippen molar-refractivity contribution < 1.29 is 0 Å². The van der Waals surface area contributed by atoms with Gasteiger partial charge >= 0.3 is 0 Å². The average molecular weight is 328 g/mol. The van der Waals surface area contributed by atoms with Crippen molar-refractivity contribution in [3.63, 3.8) is 0 Å². The lowest BCUT2D eigenvalue weighted by Gasteiger charge is -2.10. The van der Waals surface area contributed by atoms with Crippen LogP contribution in [0.5, 0.6) is 0 Å². The number of nitrogens with zero attached hydrogens (tertiary/aromatic N) is 4. The molecule has 0 bridgehead atoms. The third-order valence-electron chi connectivity index (χ3n) is 3.35. The van der Waals surface area contributed by atoms with E-state index in [-0.39, 0.29) is 0 Å². The SMILES string of the molecule is CCNC(=NCc1nnc2ccccn12)NCCc1cccs1. The molecule has 0 amide bonds. The molecule has 0 radical (unpaired) electrons. The zero-order chi connectivity index (χ0) is 15.9. The minimum atomic E-state index is 0.486.